The minimum atomic E-state index is -0.628. The lowest BCUT2D eigenvalue weighted by Gasteiger charge is -2.13. The highest BCUT2D eigenvalue weighted by Gasteiger charge is 2.33. The molecule has 27 heavy (non-hydrogen) atoms. The predicted molar refractivity (Wildman–Crippen MR) is 95.7 cm³/mol. The van der Waals surface area contributed by atoms with Crippen molar-refractivity contribution in [2.24, 2.45) is 0 Å². The van der Waals surface area contributed by atoms with Crippen LogP contribution in [0.15, 0.2) is 63.8 Å². The summed E-state index contributed by atoms with van der Waals surface area (Å²) < 4.78 is 15.9. The van der Waals surface area contributed by atoms with Crippen LogP contribution in [0.5, 0.6) is 5.75 Å². The molecule has 0 saturated carbocycles. The summed E-state index contributed by atoms with van der Waals surface area (Å²) in [6.45, 7) is 0.822. The zero-order valence-electron chi connectivity index (χ0n) is 14.3. The molecule has 3 aromatic rings. The maximum Gasteiger partial charge on any atom is 0.434 e. The maximum absolute atomic E-state index is 12.1. The van der Waals surface area contributed by atoms with E-state index in [-0.39, 0.29) is 12.3 Å². The van der Waals surface area contributed by atoms with Gasteiger partial charge >= 0.3 is 11.8 Å². The van der Waals surface area contributed by atoms with Crippen molar-refractivity contribution in [2.45, 2.75) is 19.1 Å². The Kier molecular flexibility index (Phi) is 4.61. The maximum atomic E-state index is 12.1. The number of nitrogens with zero attached hydrogens (tertiary/aromatic N) is 2. The van der Waals surface area contributed by atoms with E-state index in [9.17, 15) is 9.59 Å². The fourth-order valence-corrected chi connectivity index (χ4v) is 2.84. The van der Waals surface area contributed by atoms with Gasteiger partial charge in [-0.05, 0) is 29.8 Å². The number of nitrogens with one attached hydrogen (secondary N) is 1. The summed E-state index contributed by atoms with van der Waals surface area (Å²) in [6.07, 6.45) is -0.645. The first-order valence-electron chi connectivity index (χ1n) is 8.47. The number of cyclic esters (lactones) is 1. The summed E-state index contributed by atoms with van der Waals surface area (Å²) in [5.74, 6) is 0.298. The van der Waals surface area contributed by atoms with Crippen molar-refractivity contribution < 1.29 is 18.7 Å². The van der Waals surface area contributed by atoms with E-state index in [4.69, 9.17) is 13.9 Å². The van der Waals surface area contributed by atoms with Crippen LogP contribution in [0.4, 0.5) is 10.5 Å². The van der Waals surface area contributed by atoms with Crippen molar-refractivity contribution in [3.8, 4) is 5.75 Å². The molecule has 1 atom stereocenters. The second-order valence-corrected chi connectivity index (χ2v) is 6.10. The second-order valence-electron chi connectivity index (χ2n) is 6.10. The molecule has 1 saturated heterocycles. The van der Waals surface area contributed by atoms with Crippen LogP contribution in [0.2, 0.25) is 0 Å². The van der Waals surface area contributed by atoms with Crippen LogP contribution in [-0.2, 0) is 17.8 Å². The van der Waals surface area contributed by atoms with Gasteiger partial charge < -0.3 is 13.9 Å². The van der Waals surface area contributed by atoms with Gasteiger partial charge in [0, 0.05) is 5.69 Å². The first kappa shape index (κ1) is 16.9. The molecule has 2 aromatic carbocycles. The summed E-state index contributed by atoms with van der Waals surface area (Å²) in [5, 5.41) is 5.92. The molecular weight excluding hydrogens is 350 g/mol. The average Bonchev–Trinajstić information content (AvgIpc) is 3.26. The Morgan fingerprint density at radius 2 is 1.89 bits per heavy atom. The van der Waals surface area contributed by atoms with Gasteiger partial charge in [-0.25, -0.2) is 14.7 Å². The summed E-state index contributed by atoms with van der Waals surface area (Å²) in [7, 11) is 0. The molecule has 0 spiro atoms. The lowest BCUT2D eigenvalue weighted by molar-refractivity contribution is 0.137. The molecule has 1 N–H and O–H groups in total. The van der Waals surface area contributed by atoms with Gasteiger partial charge in [0.25, 0.3) is 0 Å². The molecule has 1 amide bonds. The van der Waals surface area contributed by atoms with Gasteiger partial charge in [0.05, 0.1) is 13.0 Å². The van der Waals surface area contributed by atoms with Gasteiger partial charge in [-0.15, -0.1) is 5.10 Å². The van der Waals surface area contributed by atoms with Gasteiger partial charge in [0.1, 0.15) is 18.5 Å². The summed E-state index contributed by atoms with van der Waals surface area (Å²) in [4.78, 5) is 24.6. The Hall–Kier alpha value is -3.55. The molecule has 1 aromatic heterocycles. The SMILES string of the molecule is O=C1OC(Cc2n[nH]c(=O)o2)CN1c1ccc(OCc2ccccc2)cc1. The van der Waals surface area contributed by atoms with E-state index in [0.717, 1.165) is 5.56 Å². The Balaban J connectivity index is 1.36. The van der Waals surface area contributed by atoms with Gasteiger partial charge in [-0.3, -0.25) is 4.90 Å². The minimum absolute atomic E-state index is 0.212. The van der Waals surface area contributed by atoms with Crippen LogP contribution >= 0.6 is 0 Å². The van der Waals surface area contributed by atoms with Gasteiger partial charge in [-0.2, -0.15) is 0 Å². The van der Waals surface area contributed by atoms with Gasteiger partial charge in [0.2, 0.25) is 5.89 Å². The molecule has 1 aliphatic heterocycles. The fourth-order valence-electron chi connectivity index (χ4n) is 2.84. The molecule has 1 unspecified atom stereocenters. The zero-order chi connectivity index (χ0) is 18.6. The number of carbonyl (C=O) groups excluding carboxylic acids is 1. The van der Waals surface area contributed by atoms with Gasteiger partial charge in [-0.1, -0.05) is 30.3 Å². The third kappa shape index (κ3) is 4.00. The Labute approximate surface area is 154 Å². The molecule has 1 aliphatic rings. The standard InChI is InChI=1S/C19H17N3O5/c23-18-21-20-17(27-18)10-16-11-22(19(24)26-16)14-6-8-15(9-7-14)25-12-13-4-2-1-3-5-13/h1-9,16H,10-12H2,(H,21,23). The zero-order valence-corrected chi connectivity index (χ0v) is 14.3. The van der Waals surface area contributed by atoms with Crippen molar-refractivity contribution in [2.75, 3.05) is 11.4 Å². The highest BCUT2D eigenvalue weighted by atomic mass is 16.6. The van der Waals surface area contributed by atoms with E-state index >= 15 is 0 Å². The van der Waals surface area contributed by atoms with Crippen molar-refractivity contribution in [1.82, 2.24) is 10.2 Å². The highest BCUT2D eigenvalue weighted by Crippen LogP contribution is 2.25. The van der Waals surface area contributed by atoms with E-state index < -0.39 is 18.0 Å². The van der Waals surface area contributed by atoms with E-state index in [2.05, 4.69) is 10.2 Å². The van der Waals surface area contributed by atoms with Crippen molar-refractivity contribution in [1.29, 1.82) is 0 Å². The number of carbonyl (C=O) groups is 1. The van der Waals surface area contributed by atoms with Gasteiger partial charge in [0.15, 0.2) is 0 Å². The number of aromatic nitrogens is 2. The van der Waals surface area contributed by atoms with Crippen LogP contribution in [0.3, 0.4) is 0 Å². The molecule has 0 radical (unpaired) electrons. The third-order valence-corrected chi connectivity index (χ3v) is 4.16. The van der Waals surface area contributed by atoms with Crippen molar-refractivity contribution >= 4 is 11.8 Å². The average molecular weight is 367 g/mol. The minimum Gasteiger partial charge on any atom is -0.489 e. The van der Waals surface area contributed by atoms with Crippen LogP contribution in [0.1, 0.15) is 11.5 Å². The van der Waals surface area contributed by atoms with Crippen LogP contribution in [0.25, 0.3) is 0 Å². The number of anilines is 1. The molecule has 8 heteroatoms. The molecule has 4 rings (SSSR count). The molecule has 138 valence electrons. The fraction of sp³-hybridized carbons (Fsp3) is 0.211. The lowest BCUT2D eigenvalue weighted by atomic mass is 10.2. The largest absolute Gasteiger partial charge is 0.489 e. The second kappa shape index (κ2) is 7.36. The van der Waals surface area contributed by atoms with Crippen LogP contribution in [-0.4, -0.2) is 28.9 Å². The topological polar surface area (TPSA) is 97.7 Å². The highest BCUT2D eigenvalue weighted by molar-refractivity contribution is 5.89. The predicted octanol–water partition coefficient (Wildman–Crippen LogP) is 2.51. The van der Waals surface area contributed by atoms with E-state index in [0.29, 0.717) is 24.6 Å². The molecule has 8 nitrogen and oxygen atoms in total. The molecule has 2 heterocycles. The number of rotatable bonds is 6. The first-order chi connectivity index (χ1) is 13.2. The summed E-state index contributed by atoms with van der Waals surface area (Å²) in [6, 6.07) is 17.1. The smallest absolute Gasteiger partial charge is 0.434 e. The molecule has 1 fully saturated rings. The van der Waals surface area contributed by atoms with Crippen LogP contribution in [0, 0.1) is 0 Å². The van der Waals surface area contributed by atoms with E-state index in [1.807, 2.05) is 42.5 Å². The number of hydrogen-bond donors (Lipinski definition) is 1. The number of hydrogen-bond acceptors (Lipinski definition) is 6. The quantitative estimate of drug-likeness (QED) is 0.719. The normalized spacial score (nSPS) is 16.4. The molecule has 0 aliphatic carbocycles. The molecule has 0 bridgehead atoms. The number of amides is 1. The first-order valence-corrected chi connectivity index (χ1v) is 8.47. The Morgan fingerprint density at radius 3 is 2.59 bits per heavy atom. The third-order valence-electron chi connectivity index (χ3n) is 4.16. The van der Waals surface area contributed by atoms with Crippen LogP contribution < -0.4 is 15.4 Å². The van der Waals surface area contributed by atoms with Crippen molar-refractivity contribution in [3.63, 3.8) is 0 Å². The molecular formula is C19H17N3O5. The number of aromatic amines is 1. The lowest BCUT2D eigenvalue weighted by Crippen LogP contribution is -2.24. The Morgan fingerprint density at radius 1 is 1.11 bits per heavy atom. The van der Waals surface area contributed by atoms with E-state index in [1.165, 1.54) is 4.90 Å². The van der Waals surface area contributed by atoms with E-state index in [1.54, 1.807) is 12.1 Å². The summed E-state index contributed by atoms with van der Waals surface area (Å²) >= 11 is 0. The Bertz CT molecular complexity index is 965. The monoisotopic (exact) mass is 367 g/mol. The summed E-state index contributed by atoms with van der Waals surface area (Å²) in [5.41, 5.74) is 1.79. The number of H-pyrrole nitrogens is 1. The number of benzene rings is 2. The number of ether oxygens (including phenoxy) is 2. The van der Waals surface area contributed by atoms with Crippen molar-refractivity contribution in [3.05, 3.63) is 76.6 Å².